The number of hydrogen-bond acceptors (Lipinski definition) is 5. The monoisotopic (exact) mass is 674 g/mol. The van der Waals surface area contributed by atoms with Crippen molar-refractivity contribution in [2.75, 3.05) is 0 Å². The largest absolute Gasteiger partial charge is 0.506 e. The first kappa shape index (κ1) is 25.0. The summed E-state index contributed by atoms with van der Waals surface area (Å²) in [7, 11) is 0. The third-order valence-electron chi connectivity index (χ3n) is 7.43. The van der Waals surface area contributed by atoms with Gasteiger partial charge in [-0.05, 0) is 23.3 Å². The molecule has 0 radical (unpaired) electrons. The predicted molar refractivity (Wildman–Crippen MR) is 143 cm³/mol. The summed E-state index contributed by atoms with van der Waals surface area (Å²) in [6, 6.07) is 27.3. The summed E-state index contributed by atoms with van der Waals surface area (Å²) in [6.07, 6.45) is 0. The molecule has 1 N–H and O–H groups in total. The number of hydrogen-bond donors (Lipinski definition) is 1. The van der Waals surface area contributed by atoms with Crippen molar-refractivity contribution >= 4 is 27.7 Å². The quantitative estimate of drug-likeness (QED) is 0.237. The van der Waals surface area contributed by atoms with Gasteiger partial charge in [-0.15, -0.1) is 23.8 Å². The number of nitrogens with zero attached hydrogens (tertiary/aromatic N) is 2. The summed E-state index contributed by atoms with van der Waals surface area (Å²) < 4.78 is 6.05. The number of phenolic OH excluding ortho intramolecular Hbond substituents is 1. The maximum Gasteiger partial charge on any atom is 0.217 e. The number of benzene rings is 3. The van der Waals surface area contributed by atoms with Crippen molar-refractivity contribution in [2.24, 2.45) is 4.99 Å². The van der Waals surface area contributed by atoms with Gasteiger partial charge in [0.2, 0.25) is 5.88 Å². The Morgan fingerprint density at radius 2 is 1.58 bits per heavy atom. The number of ether oxygens (including phenoxy) is 1. The molecule has 4 aromatic rings. The summed E-state index contributed by atoms with van der Waals surface area (Å²) in [4.78, 5) is 9.76. The normalized spacial score (nSPS) is 21.2. The van der Waals surface area contributed by atoms with Gasteiger partial charge in [0.25, 0.3) is 0 Å². The van der Waals surface area contributed by atoms with Gasteiger partial charge in [-0.1, -0.05) is 70.2 Å². The van der Waals surface area contributed by atoms with Gasteiger partial charge in [-0.2, -0.15) is 11.8 Å². The number of pyridine rings is 1. The Kier molecular flexibility index (Phi) is 6.29. The average Bonchev–Trinajstić information content (AvgIpc) is 3.32. The molecule has 36 heavy (non-hydrogen) atoms. The van der Waals surface area contributed by atoms with Crippen LogP contribution in [0.25, 0.3) is 10.9 Å². The molecular weight excluding hydrogens is 647 g/mol. The second kappa shape index (κ2) is 9.04. The molecule has 0 fully saturated rings. The van der Waals surface area contributed by atoms with Gasteiger partial charge >= 0.3 is 0 Å². The standard InChI is InChI=1S/C30H27N2O2S.Pt/c1-29(2)21-12-5-6-13-22(21)30(3,4)27-26(29)32-28(35-27)19-10-7-11-20(17-19)34-24-16-15-18-9-8-14-23(33)25(18)31-24;/h5-16,26-27,33H,1-4H3;/q-1;/t26-,27?;/m1./s1. The van der Waals surface area contributed by atoms with E-state index in [0.717, 1.165) is 16.0 Å². The van der Waals surface area contributed by atoms with Crippen molar-refractivity contribution in [1.82, 2.24) is 4.98 Å². The molecule has 1 aromatic heterocycles. The number of aliphatic imine (C=N–C) groups is 1. The topological polar surface area (TPSA) is 54.7 Å². The van der Waals surface area contributed by atoms with Crippen LogP contribution in [0.4, 0.5) is 0 Å². The van der Waals surface area contributed by atoms with Crippen molar-refractivity contribution in [3.63, 3.8) is 0 Å². The van der Waals surface area contributed by atoms with Crippen LogP contribution in [-0.4, -0.2) is 26.4 Å². The molecule has 6 rings (SSSR count). The molecule has 1 aliphatic heterocycles. The second-order valence-corrected chi connectivity index (χ2v) is 11.6. The molecule has 1 unspecified atom stereocenters. The SMILES string of the molecule is CC1(C)c2ccccc2C(C)(C)[C@@H]2N=C(c3[c-]c(Oc4ccc5cccc(O)c5n4)ccc3)SC21.[Pt]. The zero-order valence-corrected chi connectivity index (χ0v) is 23.6. The van der Waals surface area contributed by atoms with Crippen LogP contribution in [0, 0.1) is 6.07 Å². The van der Waals surface area contributed by atoms with Crippen LogP contribution in [0.3, 0.4) is 0 Å². The number of rotatable bonds is 3. The van der Waals surface area contributed by atoms with Crippen LogP contribution in [0.5, 0.6) is 17.4 Å². The maximum absolute atomic E-state index is 10.2. The molecular formula is C30H27N2O2PtS-. The number of phenols is 1. The molecule has 3 aromatic carbocycles. The summed E-state index contributed by atoms with van der Waals surface area (Å²) in [5.74, 6) is 1.13. The minimum Gasteiger partial charge on any atom is -0.506 e. The molecule has 0 saturated heterocycles. The number of aromatic hydroxyl groups is 1. The minimum atomic E-state index is -0.0589. The van der Waals surface area contributed by atoms with E-state index in [1.54, 1.807) is 18.2 Å². The van der Waals surface area contributed by atoms with E-state index < -0.39 is 0 Å². The number of aromatic nitrogens is 1. The summed E-state index contributed by atoms with van der Waals surface area (Å²) >= 11 is 1.85. The van der Waals surface area contributed by atoms with E-state index in [4.69, 9.17) is 9.73 Å². The molecule has 2 aliphatic rings. The van der Waals surface area contributed by atoms with Gasteiger partial charge < -0.3 is 14.8 Å². The summed E-state index contributed by atoms with van der Waals surface area (Å²) in [6.45, 7) is 9.31. The second-order valence-electron chi connectivity index (χ2n) is 10.4. The third kappa shape index (κ3) is 3.97. The van der Waals surface area contributed by atoms with E-state index in [2.05, 4.69) is 63.0 Å². The van der Waals surface area contributed by atoms with Crippen molar-refractivity contribution < 1.29 is 30.9 Å². The van der Waals surface area contributed by atoms with Crippen LogP contribution in [-0.2, 0) is 31.9 Å². The van der Waals surface area contributed by atoms with E-state index >= 15 is 0 Å². The van der Waals surface area contributed by atoms with Gasteiger partial charge in [0, 0.05) is 59.4 Å². The molecule has 0 spiro atoms. The van der Waals surface area contributed by atoms with Gasteiger partial charge in [0.1, 0.15) is 11.3 Å². The molecule has 4 nitrogen and oxygen atoms in total. The Morgan fingerprint density at radius 3 is 2.36 bits per heavy atom. The van der Waals surface area contributed by atoms with Crippen LogP contribution in [0.1, 0.15) is 44.4 Å². The Balaban J connectivity index is 0.00000267. The number of fused-ring (bicyclic) bond motifs is 3. The zero-order chi connectivity index (χ0) is 24.4. The summed E-state index contributed by atoms with van der Waals surface area (Å²) in [5, 5.41) is 12.4. The molecule has 2 atom stereocenters. The number of thioether (sulfide) groups is 1. The van der Waals surface area contributed by atoms with E-state index in [1.807, 2.05) is 42.1 Å². The third-order valence-corrected chi connectivity index (χ3v) is 9.08. The molecule has 0 saturated carbocycles. The summed E-state index contributed by atoms with van der Waals surface area (Å²) in [5.41, 5.74) is 4.20. The average molecular weight is 675 g/mol. The Hall–Kier alpha value is -2.62. The maximum atomic E-state index is 10.2. The fraction of sp³-hybridized carbons (Fsp3) is 0.267. The van der Waals surface area contributed by atoms with Gasteiger partial charge in [0.15, 0.2) is 0 Å². The van der Waals surface area contributed by atoms with Crippen molar-refractivity contribution in [3.8, 4) is 17.4 Å². The Bertz CT molecular complexity index is 1500. The van der Waals surface area contributed by atoms with E-state index in [1.165, 1.54) is 11.1 Å². The molecule has 0 bridgehead atoms. The number of para-hydroxylation sites is 1. The fourth-order valence-electron chi connectivity index (χ4n) is 5.46. The van der Waals surface area contributed by atoms with Gasteiger partial charge in [-0.25, -0.2) is 4.98 Å². The van der Waals surface area contributed by atoms with Crippen LogP contribution in [0.2, 0.25) is 0 Å². The van der Waals surface area contributed by atoms with E-state index in [0.29, 0.717) is 22.4 Å². The van der Waals surface area contributed by atoms with Crippen molar-refractivity contribution in [1.29, 1.82) is 0 Å². The molecule has 2 heterocycles. The van der Waals surface area contributed by atoms with Crippen molar-refractivity contribution in [2.45, 2.75) is 49.8 Å². The minimum absolute atomic E-state index is 0. The van der Waals surface area contributed by atoms with Gasteiger partial charge in [-0.3, -0.25) is 0 Å². The van der Waals surface area contributed by atoms with Crippen LogP contribution in [0.15, 0.2) is 77.8 Å². The molecule has 0 amide bonds. The first-order chi connectivity index (χ1) is 16.7. The molecule has 186 valence electrons. The Morgan fingerprint density at radius 1 is 0.861 bits per heavy atom. The van der Waals surface area contributed by atoms with E-state index in [-0.39, 0.29) is 43.7 Å². The van der Waals surface area contributed by atoms with Gasteiger partial charge in [0.05, 0.1) is 6.04 Å². The van der Waals surface area contributed by atoms with Crippen molar-refractivity contribution in [3.05, 3.63) is 95.6 Å². The predicted octanol–water partition coefficient (Wildman–Crippen LogP) is 7.03. The molecule has 1 aliphatic carbocycles. The zero-order valence-electron chi connectivity index (χ0n) is 20.6. The first-order valence-corrected chi connectivity index (χ1v) is 12.8. The fourth-order valence-corrected chi connectivity index (χ4v) is 7.07. The van der Waals surface area contributed by atoms with Crippen LogP contribution < -0.4 is 4.74 Å². The Labute approximate surface area is 230 Å². The van der Waals surface area contributed by atoms with Crippen LogP contribution >= 0.6 is 11.8 Å². The smallest absolute Gasteiger partial charge is 0.217 e. The molecule has 6 heteroatoms. The van der Waals surface area contributed by atoms with E-state index in [9.17, 15) is 5.11 Å². The first-order valence-electron chi connectivity index (χ1n) is 11.9.